The van der Waals surface area contributed by atoms with Crippen molar-refractivity contribution in [2.24, 2.45) is 5.92 Å². The van der Waals surface area contributed by atoms with Gasteiger partial charge < -0.3 is 10.2 Å². The van der Waals surface area contributed by atoms with Crippen molar-refractivity contribution in [3.05, 3.63) is 20.4 Å². The van der Waals surface area contributed by atoms with E-state index in [-0.39, 0.29) is 10.9 Å². The highest BCUT2D eigenvalue weighted by molar-refractivity contribution is 5.74. The molecule has 0 heterocycles. The van der Waals surface area contributed by atoms with Crippen molar-refractivity contribution >= 4 is 11.4 Å². The number of anilines is 2. The number of nitrogens with one attached hydrogen (secondary N) is 1. The van der Waals surface area contributed by atoms with Crippen molar-refractivity contribution in [1.82, 2.24) is 0 Å². The van der Waals surface area contributed by atoms with E-state index in [4.69, 9.17) is 0 Å². The van der Waals surface area contributed by atoms with E-state index in [1.807, 2.05) is 18.9 Å². The molecule has 0 saturated carbocycles. The van der Waals surface area contributed by atoms with Crippen molar-refractivity contribution in [3.63, 3.8) is 0 Å². The lowest BCUT2D eigenvalue weighted by molar-refractivity contribution is 0.544. The van der Waals surface area contributed by atoms with Crippen molar-refractivity contribution in [3.8, 4) is 0 Å². The Morgan fingerprint density at radius 1 is 1.17 bits per heavy atom. The van der Waals surface area contributed by atoms with Gasteiger partial charge in [-0.2, -0.15) is 0 Å². The van der Waals surface area contributed by atoms with E-state index >= 15 is 0 Å². The van der Waals surface area contributed by atoms with Crippen LogP contribution in [0.25, 0.3) is 0 Å². The van der Waals surface area contributed by atoms with Gasteiger partial charge in [0.2, 0.25) is 0 Å². The molecule has 4 heteroatoms. The Hall–Kier alpha value is -1.32. The number of nitrogens with zero attached hydrogens (tertiary/aromatic N) is 1. The molecule has 0 saturated heterocycles. The second-order valence-electron chi connectivity index (χ2n) is 5.21. The van der Waals surface area contributed by atoms with E-state index in [9.17, 15) is 9.59 Å². The first kappa shape index (κ1) is 14.7. The molecule has 1 rings (SSSR count). The summed E-state index contributed by atoms with van der Waals surface area (Å²) in [6, 6.07) is 0. The van der Waals surface area contributed by atoms with Gasteiger partial charge in [0.1, 0.15) is 11.4 Å². The fourth-order valence-corrected chi connectivity index (χ4v) is 1.96. The Labute approximate surface area is 109 Å². The molecular weight excluding hydrogens is 228 g/mol. The molecule has 0 aliphatic rings. The van der Waals surface area contributed by atoms with Crippen molar-refractivity contribution in [2.45, 2.75) is 40.0 Å². The summed E-state index contributed by atoms with van der Waals surface area (Å²) in [5.74, 6) is 0.720. The standard InChI is InChI=1S/C14H24N2O2/c1-5-16(4)12-11(13(17)14(12)18)15-9-7-6-8-10(2)3/h10,15H,5-9H2,1-4H3. The zero-order valence-electron chi connectivity index (χ0n) is 11.9. The van der Waals surface area contributed by atoms with E-state index in [2.05, 4.69) is 19.2 Å². The van der Waals surface area contributed by atoms with Crippen LogP contribution >= 0.6 is 0 Å². The van der Waals surface area contributed by atoms with Gasteiger partial charge in [-0.15, -0.1) is 0 Å². The SMILES string of the molecule is CCN(C)c1c(NCCCCC(C)C)c(=O)c1=O. The van der Waals surface area contributed by atoms with Crippen LogP contribution in [0.2, 0.25) is 0 Å². The minimum absolute atomic E-state index is 0.357. The Kier molecular flexibility index (Phi) is 5.38. The number of hydrogen-bond acceptors (Lipinski definition) is 4. The fraction of sp³-hybridized carbons (Fsp3) is 0.714. The summed E-state index contributed by atoms with van der Waals surface area (Å²) in [4.78, 5) is 24.7. The van der Waals surface area contributed by atoms with E-state index in [0.29, 0.717) is 11.4 Å². The van der Waals surface area contributed by atoms with Crippen molar-refractivity contribution in [1.29, 1.82) is 0 Å². The second kappa shape index (κ2) is 6.57. The van der Waals surface area contributed by atoms with Gasteiger partial charge in [0.05, 0.1) is 0 Å². The summed E-state index contributed by atoms with van der Waals surface area (Å²) < 4.78 is 0. The average molecular weight is 252 g/mol. The largest absolute Gasteiger partial charge is 0.380 e. The van der Waals surface area contributed by atoms with Gasteiger partial charge in [-0.25, -0.2) is 0 Å². The first-order valence-electron chi connectivity index (χ1n) is 6.77. The summed E-state index contributed by atoms with van der Waals surface area (Å²) in [7, 11) is 1.83. The minimum Gasteiger partial charge on any atom is -0.380 e. The van der Waals surface area contributed by atoms with Gasteiger partial charge >= 0.3 is 0 Å². The van der Waals surface area contributed by atoms with Gasteiger partial charge in [-0.05, 0) is 19.3 Å². The molecule has 0 unspecified atom stereocenters. The van der Waals surface area contributed by atoms with Crippen molar-refractivity contribution < 1.29 is 0 Å². The molecule has 1 aromatic carbocycles. The van der Waals surface area contributed by atoms with Crippen LogP contribution < -0.4 is 21.1 Å². The van der Waals surface area contributed by atoms with E-state index in [1.54, 1.807) is 0 Å². The van der Waals surface area contributed by atoms with Crippen LogP contribution in [0.15, 0.2) is 9.59 Å². The van der Waals surface area contributed by atoms with Crippen LogP contribution in [0, 0.1) is 5.92 Å². The number of unbranched alkanes of at least 4 members (excludes halogenated alkanes) is 1. The fourth-order valence-electron chi connectivity index (χ4n) is 1.96. The zero-order valence-corrected chi connectivity index (χ0v) is 11.9. The quantitative estimate of drug-likeness (QED) is 0.568. The smallest absolute Gasteiger partial charge is 0.253 e. The lowest BCUT2D eigenvalue weighted by Crippen LogP contribution is -2.41. The lowest BCUT2D eigenvalue weighted by Gasteiger charge is -2.22. The average Bonchev–Trinajstić information content (AvgIpc) is 2.35. The lowest BCUT2D eigenvalue weighted by atomic mass is 10.1. The van der Waals surface area contributed by atoms with Gasteiger partial charge in [0, 0.05) is 20.1 Å². The summed E-state index contributed by atoms with van der Waals surface area (Å²) in [5.41, 5.74) is 0.332. The van der Waals surface area contributed by atoms with Gasteiger partial charge in [-0.1, -0.05) is 26.7 Å². The van der Waals surface area contributed by atoms with E-state index in [1.165, 1.54) is 6.42 Å². The van der Waals surface area contributed by atoms with Crippen molar-refractivity contribution in [2.75, 3.05) is 30.4 Å². The maximum atomic E-state index is 11.5. The van der Waals surface area contributed by atoms with Crippen LogP contribution in [0.3, 0.4) is 0 Å². The number of hydrogen-bond donors (Lipinski definition) is 1. The first-order chi connectivity index (χ1) is 8.49. The Balaban J connectivity index is 2.46. The summed E-state index contributed by atoms with van der Waals surface area (Å²) in [6.07, 6.45) is 3.39. The molecule has 0 bridgehead atoms. The molecule has 4 nitrogen and oxygen atoms in total. The molecule has 0 atom stereocenters. The molecule has 0 aliphatic carbocycles. The third kappa shape index (κ3) is 3.34. The van der Waals surface area contributed by atoms with Crippen LogP contribution in [-0.4, -0.2) is 20.1 Å². The minimum atomic E-state index is -0.367. The van der Waals surface area contributed by atoms with Gasteiger partial charge in [0.25, 0.3) is 10.9 Å². The highest BCUT2D eigenvalue weighted by atomic mass is 16.2. The molecule has 0 fully saturated rings. The predicted octanol–water partition coefficient (Wildman–Crippen LogP) is 1.98. The molecule has 1 aromatic rings. The molecule has 102 valence electrons. The molecule has 0 aliphatic heterocycles. The Morgan fingerprint density at radius 2 is 1.83 bits per heavy atom. The number of rotatable bonds is 8. The molecule has 0 aromatic heterocycles. The predicted molar refractivity (Wildman–Crippen MR) is 77.5 cm³/mol. The Bertz CT molecular complexity index is 445. The molecule has 18 heavy (non-hydrogen) atoms. The summed E-state index contributed by atoms with van der Waals surface area (Å²) in [5, 5.41) is 3.11. The molecule has 0 radical (unpaired) electrons. The maximum Gasteiger partial charge on any atom is 0.253 e. The summed E-state index contributed by atoms with van der Waals surface area (Å²) in [6.45, 7) is 7.87. The van der Waals surface area contributed by atoms with E-state index in [0.717, 1.165) is 31.8 Å². The van der Waals surface area contributed by atoms with Crippen LogP contribution in [0.5, 0.6) is 0 Å². The normalized spacial score (nSPS) is 11.2. The topological polar surface area (TPSA) is 49.4 Å². The van der Waals surface area contributed by atoms with Gasteiger partial charge in [0.15, 0.2) is 0 Å². The highest BCUT2D eigenvalue weighted by Crippen LogP contribution is 2.18. The van der Waals surface area contributed by atoms with Crippen LogP contribution in [0.1, 0.15) is 40.0 Å². The van der Waals surface area contributed by atoms with E-state index < -0.39 is 0 Å². The first-order valence-corrected chi connectivity index (χ1v) is 6.77. The van der Waals surface area contributed by atoms with Crippen LogP contribution in [0.4, 0.5) is 11.4 Å². The van der Waals surface area contributed by atoms with Gasteiger partial charge in [-0.3, -0.25) is 9.59 Å². The van der Waals surface area contributed by atoms with Crippen LogP contribution in [-0.2, 0) is 0 Å². The Morgan fingerprint density at radius 3 is 2.39 bits per heavy atom. The molecule has 0 amide bonds. The monoisotopic (exact) mass is 252 g/mol. The maximum absolute atomic E-state index is 11.5. The molecule has 1 N–H and O–H groups in total. The third-order valence-electron chi connectivity index (χ3n) is 3.25. The molecule has 0 spiro atoms. The second-order valence-corrected chi connectivity index (χ2v) is 5.21. The third-order valence-corrected chi connectivity index (χ3v) is 3.25. The summed E-state index contributed by atoms with van der Waals surface area (Å²) >= 11 is 0. The zero-order chi connectivity index (χ0) is 13.7. The highest BCUT2D eigenvalue weighted by Gasteiger charge is 2.22. The molecular formula is C14H24N2O2.